The number of benzene rings is 2. The molecule has 0 atom stereocenters. The van der Waals surface area contributed by atoms with Crippen LogP contribution in [0.25, 0.3) is 0 Å². The first-order chi connectivity index (χ1) is 13.5. The van der Waals surface area contributed by atoms with Gasteiger partial charge < -0.3 is 10.4 Å². The van der Waals surface area contributed by atoms with Crippen LogP contribution in [0.5, 0.6) is 5.75 Å². The van der Waals surface area contributed by atoms with Crippen molar-refractivity contribution in [3.05, 3.63) is 58.6 Å². The Morgan fingerprint density at radius 3 is 2.25 bits per heavy atom. The number of hydrogen-bond acceptors (Lipinski definition) is 4. The average Bonchev–Trinajstić information content (AvgIpc) is 2.68. The summed E-state index contributed by atoms with van der Waals surface area (Å²) in [5, 5.41) is 16.3. The van der Waals surface area contributed by atoms with E-state index >= 15 is 0 Å². The van der Waals surface area contributed by atoms with Crippen LogP contribution in [-0.4, -0.2) is 23.1 Å². The highest BCUT2D eigenvalue weighted by Crippen LogP contribution is 2.21. The lowest BCUT2D eigenvalue weighted by Crippen LogP contribution is -2.16. The monoisotopic (exact) mass is 445 g/mol. The van der Waals surface area contributed by atoms with Crippen LogP contribution in [0.3, 0.4) is 0 Å². The van der Waals surface area contributed by atoms with Crippen LogP contribution in [-0.2, 0) is 9.59 Å². The zero-order chi connectivity index (χ0) is 20.2. The predicted octanol–water partition coefficient (Wildman–Crippen LogP) is 4.58. The summed E-state index contributed by atoms with van der Waals surface area (Å²) in [6, 6.07) is 14.3. The fourth-order valence-corrected chi connectivity index (χ4v) is 2.76. The van der Waals surface area contributed by atoms with Crippen molar-refractivity contribution in [2.24, 2.45) is 5.10 Å². The molecule has 0 saturated heterocycles. The number of nitrogens with zero attached hydrogens (tertiary/aromatic N) is 1. The third-order valence-electron chi connectivity index (χ3n) is 4.01. The number of aromatic hydroxyl groups is 1. The number of nitrogens with one attached hydrogen (secondary N) is 2. The lowest BCUT2D eigenvalue weighted by atomic mass is 10.1. The van der Waals surface area contributed by atoms with Crippen LogP contribution in [0.4, 0.5) is 5.69 Å². The maximum absolute atomic E-state index is 11.9. The Morgan fingerprint density at radius 2 is 1.57 bits per heavy atom. The number of rotatable bonds is 10. The summed E-state index contributed by atoms with van der Waals surface area (Å²) in [6.45, 7) is 0. The molecule has 28 heavy (non-hydrogen) atoms. The second-order valence-electron chi connectivity index (χ2n) is 6.32. The third-order valence-corrected chi connectivity index (χ3v) is 4.54. The Bertz CT molecular complexity index is 807. The number of anilines is 1. The molecule has 2 rings (SSSR count). The van der Waals surface area contributed by atoms with Crippen LogP contribution < -0.4 is 10.7 Å². The fraction of sp³-hybridized carbons (Fsp3) is 0.286. The van der Waals surface area contributed by atoms with Crippen LogP contribution in [0.2, 0.25) is 0 Å². The molecule has 2 aromatic carbocycles. The van der Waals surface area contributed by atoms with Crippen molar-refractivity contribution in [1.29, 1.82) is 0 Å². The smallest absolute Gasteiger partial charge is 0.240 e. The molecule has 0 saturated carbocycles. The SMILES string of the molecule is O=C(CCCCCCC(=O)Nc1ccccc1O)N/N=C/c1ccc(Br)cc1. The largest absolute Gasteiger partial charge is 0.506 e. The minimum atomic E-state index is -0.124. The predicted molar refractivity (Wildman–Crippen MR) is 114 cm³/mol. The van der Waals surface area contributed by atoms with E-state index in [2.05, 4.69) is 31.8 Å². The number of para-hydroxylation sites is 2. The van der Waals surface area contributed by atoms with Gasteiger partial charge in [0.15, 0.2) is 0 Å². The van der Waals surface area contributed by atoms with E-state index in [0.717, 1.165) is 35.7 Å². The highest BCUT2D eigenvalue weighted by Gasteiger charge is 2.05. The van der Waals surface area contributed by atoms with E-state index in [1.165, 1.54) is 6.07 Å². The van der Waals surface area contributed by atoms with Crippen molar-refractivity contribution in [2.75, 3.05) is 5.32 Å². The molecule has 0 aliphatic rings. The van der Waals surface area contributed by atoms with Gasteiger partial charge in [0, 0.05) is 17.3 Å². The van der Waals surface area contributed by atoms with Gasteiger partial charge in [-0.2, -0.15) is 5.10 Å². The molecule has 0 bridgehead atoms. The van der Waals surface area contributed by atoms with E-state index in [0.29, 0.717) is 18.5 Å². The molecule has 0 spiro atoms. The molecule has 148 valence electrons. The topological polar surface area (TPSA) is 90.8 Å². The number of unbranched alkanes of at least 4 members (excludes halogenated alkanes) is 3. The van der Waals surface area contributed by atoms with E-state index < -0.39 is 0 Å². The molecule has 0 heterocycles. The van der Waals surface area contributed by atoms with Crippen molar-refractivity contribution >= 4 is 39.6 Å². The lowest BCUT2D eigenvalue weighted by Gasteiger charge is -2.06. The molecule has 0 aromatic heterocycles. The maximum atomic E-state index is 11.9. The maximum Gasteiger partial charge on any atom is 0.240 e. The van der Waals surface area contributed by atoms with Gasteiger partial charge in [-0.05, 0) is 42.7 Å². The Morgan fingerprint density at radius 1 is 0.929 bits per heavy atom. The van der Waals surface area contributed by atoms with Crippen LogP contribution >= 0.6 is 15.9 Å². The second-order valence-corrected chi connectivity index (χ2v) is 7.24. The summed E-state index contributed by atoms with van der Waals surface area (Å²) in [5.41, 5.74) is 3.85. The van der Waals surface area contributed by atoms with Crippen molar-refractivity contribution < 1.29 is 14.7 Å². The van der Waals surface area contributed by atoms with Crippen molar-refractivity contribution in [1.82, 2.24) is 5.43 Å². The molecule has 2 aromatic rings. The van der Waals surface area contributed by atoms with E-state index in [9.17, 15) is 14.7 Å². The molecular formula is C21H24BrN3O3. The minimum absolute atomic E-state index is 0.0599. The van der Waals surface area contributed by atoms with Gasteiger partial charge in [-0.25, -0.2) is 5.43 Å². The normalized spacial score (nSPS) is 10.8. The zero-order valence-corrected chi connectivity index (χ0v) is 17.1. The first-order valence-electron chi connectivity index (χ1n) is 9.20. The number of carbonyl (C=O) groups is 2. The van der Waals surface area contributed by atoms with Gasteiger partial charge >= 0.3 is 0 Å². The Hall–Kier alpha value is -2.67. The number of halogens is 1. The minimum Gasteiger partial charge on any atom is -0.506 e. The van der Waals surface area contributed by atoms with Crippen LogP contribution in [0.15, 0.2) is 58.1 Å². The first kappa shape index (κ1) is 21.6. The Kier molecular flexibility index (Phi) is 9.21. The molecular weight excluding hydrogens is 422 g/mol. The van der Waals surface area contributed by atoms with Crippen molar-refractivity contribution in [2.45, 2.75) is 38.5 Å². The van der Waals surface area contributed by atoms with Gasteiger partial charge in [-0.15, -0.1) is 0 Å². The summed E-state index contributed by atoms with van der Waals surface area (Å²) in [4.78, 5) is 23.6. The second kappa shape index (κ2) is 11.9. The molecule has 2 amide bonds. The van der Waals surface area contributed by atoms with Gasteiger partial charge in [0.1, 0.15) is 5.75 Å². The van der Waals surface area contributed by atoms with Gasteiger partial charge in [-0.1, -0.05) is 53.0 Å². The molecule has 0 radical (unpaired) electrons. The molecule has 6 nitrogen and oxygen atoms in total. The molecule has 0 fully saturated rings. The quantitative estimate of drug-likeness (QED) is 0.216. The van der Waals surface area contributed by atoms with E-state index in [4.69, 9.17) is 0 Å². The number of carbonyl (C=O) groups excluding carboxylic acids is 2. The summed E-state index contributed by atoms with van der Waals surface area (Å²) in [7, 11) is 0. The number of hydrazone groups is 1. The van der Waals surface area contributed by atoms with Gasteiger partial charge in [-0.3, -0.25) is 9.59 Å². The summed E-state index contributed by atoms with van der Waals surface area (Å²) < 4.78 is 0.990. The number of hydrogen-bond donors (Lipinski definition) is 3. The molecule has 0 aliphatic heterocycles. The lowest BCUT2D eigenvalue weighted by molar-refractivity contribution is -0.121. The fourth-order valence-electron chi connectivity index (χ4n) is 2.50. The molecule has 0 unspecified atom stereocenters. The molecule has 3 N–H and O–H groups in total. The van der Waals surface area contributed by atoms with Gasteiger partial charge in [0.05, 0.1) is 11.9 Å². The van der Waals surface area contributed by atoms with Gasteiger partial charge in [0.25, 0.3) is 0 Å². The number of phenols is 1. The molecule has 7 heteroatoms. The zero-order valence-electron chi connectivity index (χ0n) is 15.5. The molecule has 0 aliphatic carbocycles. The first-order valence-corrected chi connectivity index (χ1v) is 9.99. The number of amides is 2. The van der Waals surface area contributed by atoms with E-state index in [-0.39, 0.29) is 17.6 Å². The van der Waals surface area contributed by atoms with Crippen molar-refractivity contribution in [3.8, 4) is 5.75 Å². The number of phenolic OH excluding ortho intramolecular Hbond substituents is 1. The summed E-state index contributed by atoms with van der Waals surface area (Å²) in [6.07, 6.45) is 5.62. The Balaban J connectivity index is 1.52. The van der Waals surface area contributed by atoms with Gasteiger partial charge in [0.2, 0.25) is 11.8 Å². The summed E-state index contributed by atoms with van der Waals surface area (Å²) >= 11 is 3.36. The average molecular weight is 446 g/mol. The van der Waals surface area contributed by atoms with Crippen LogP contribution in [0.1, 0.15) is 44.1 Å². The van der Waals surface area contributed by atoms with E-state index in [1.807, 2.05) is 24.3 Å². The highest BCUT2D eigenvalue weighted by atomic mass is 79.9. The third kappa shape index (κ3) is 8.35. The summed E-state index contributed by atoms with van der Waals surface area (Å²) in [5.74, 6) is -0.183. The standard InChI is InChI=1S/C21H24BrN3O3/c22-17-13-11-16(12-14-17)15-23-25-21(28)10-4-2-1-3-9-20(27)24-18-7-5-6-8-19(18)26/h5-8,11-15,26H,1-4,9-10H2,(H,24,27)(H,25,28)/b23-15+. The van der Waals surface area contributed by atoms with Crippen LogP contribution in [0, 0.1) is 0 Å². The Labute approximate surface area is 173 Å². The highest BCUT2D eigenvalue weighted by molar-refractivity contribution is 9.10. The van der Waals surface area contributed by atoms with Crippen molar-refractivity contribution in [3.63, 3.8) is 0 Å². The van der Waals surface area contributed by atoms with E-state index in [1.54, 1.807) is 24.4 Å².